The van der Waals surface area contributed by atoms with E-state index in [1.807, 2.05) is 6.92 Å². The van der Waals surface area contributed by atoms with Gasteiger partial charge in [-0.05, 0) is 35.4 Å². The fourth-order valence-corrected chi connectivity index (χ4v) is 1.54. The summed E-state index contributed by atoms with van der Waals surface area (Å²) < 4.78 is 25.8. The summed E-state index contributed by atoms with van der Waals surface area (Å²) in [5.41, 5.74) is 0.513. The Balaban J connectivity index is 2.76. The average Bonchev–Trinajstić information content (AvgIpc) is 2.20. The highest BCUT2D eigenvalue weighted by Crippen LogP contribution is 2.33. The van der Waals surface area contributed by atoms with E-state index in [9.17, 15) is 13.9 Å². The molecule has 0 saturated carbocycles. The number of hydrogen-bond acceptors (Lipinski definition) is 1. The Kier molecular flexibility index (Phi) is 4.26. The van der Waals surface area contributed by atoms with Crippen LogP contribution in [0.5, 0.6) is 0 Å². The van der Waals surface area contributed by atoms with Crippen molar-refractivity contribution in [2.45, 2.75) is 40.2 Å². The fourth-order valence-electron chi connectivity index (χ4n) is 1.54. The molecule has 0 aliphatic carbocycles. The Morgan fingerprint density at radius 3 is 2.24 bits per heavy atom. The summed E-state index contributed by atoms with van der Waals surface area (Å²) in [4.78, 5) is 0. The highest BCUT2D eigenvalue weighted by molar-refractivity contribution is 5.20. The van der Waals surface area contributed by atoms with Gasteiger partial charge in [0.2, 0.25) is 0 Å². The summed E-state index contributed by atoms with van der Waals surface area (Å²) in [6.07, 6.45) is -0.214. The Morgan fingerprint density at radius 2 is 1.76 bits per heavy atom. The van der Waals surface area contributed by atoms with Crippen molar-refractivity contribution in [3.05, 3.63) is 35.4 Å². The van der Waals surface area contributed by atoms with Crippen molar-refractivity contribution < 1.29 is 13.9 Å². The lowest BCUT2D eigenvalue weighted by molar-refractivity contribution is 0.110. The smallest absolute Gasteiger partial charge is 0.159 e. The van der Waals surface area contributed by atoms with Crippen molar-refractivity contribution in [1.29, 1.82) is 0 Å². The maximum atomic E-state index is 13.0. The van der Waals surface area contributed by atoms with Crippen molar-refractivity contribution in [3.63, 3.8) is 0 Å². The Morgan fingerprint density at radius 1 is 1.18 bits per heavy atom. The minimum atomic E-state index is -0.912. The van der Waals surface area contributed by atoms with Crippen LogP contribution in [0.15, 0.2) is 18.2 Å². The molecule has 0 bridgehead atoms. The predicted molar refractivity (Wildman–Crippen MR) is 64.6 cm³/mol. The monoisotopic (exact) mass is 242 g/mol. The highest BCUT2D eigenvalue weighted by atomic mass is 19.2. The third-order valence-electron chi connectivity index (χ3n) is 3.38. The lowest BCUT2D eigenvalue weighted by atomic mass is 9.78. The molecule has 1 N–H and O–H groups in total. The Labute approximate surface area is 101 Å². The molecule has 2 unspecified atom stereocenters. The second-order valence-corrected chi connectivity index (χ2v) is 5.69. The molecule has 1 aromatic rings. The van der Waals surface area contributed by atoms with Gasteiger partial charge in [0.1, 0.15) is 0 Å². The van der Waals surface area contributed by atoms with Crippen LogP contribution in [0.2, 0.25) is 0 Å². The van der Waals surface area contributed by atoms with E-state index in [2.05, 4.69) is 20.8 Å². The van der Waals surface area contributed by atoms with Gasteiger partial charge in [0.15, 0.2) is 11.6 Å². The largest absolute Gasteiger partial charge is 0.388 e. The highest BCUT2D eigenvalue weighted by Gasteiger charge is 2.23. The van der Waals surface area contributed by atoms with E-state index in [1.54, 1.807) is 0 Å². The topological polar surface area (TPSA) is 20.2 Å². The number of benzene rings is 1. The number of aliphatic hydroxyl groups excluding tert-OH is 1. The summed E-state index contributed by atoms with van der Waals surface area (Å²) in [5.74, 6) is -1.51. The quantitative estimate of drug-likeness (QED) is 0.847. The summed E-state index contributed by atoms with van der Waals surface area (Å²) in [6.45, 7) is 8.32. The van der Waals surface area contributed by atoms with Crippen LogP contribution < -0.4 is 0 Å². The van der Waals surface area contributed by atoms with Gasteiger partial charge in [0, 0.05) is 0 Å². The van der Waals surface area contributed by atoms with Crippen molar-refractivity contribution in [2.75, 3.05) is 0 Å². The predicted octanol–water partition coefficient (Wildman–Crippen LogP) is 4.07. The molecule has 0 fully saturated rings. The molecule has 1 rings (SSSR count). The zero-order valence-electron chi connectivity index (χ0n) is 10.8. The van der Waals surface area contributed by atoms with E-state index in [0.29, 0.717) is 12.0 Å². The first-order chi connectivity index (χ1) is 7.71. The van der Waals surface area contributed by atoms with Crippen LogP contribution in [0, 0.1) is 23.0 Å². The molecule has 96 valence electrons. The van der Waals surface area contributed by atoms with Gasteiger partial charge in [-0.15, -0.1) is 0 Å². The Hall–Kier alpha value is -0.960. The van der Waals surface area contributed by atoms with Crippen LogP contribution >= 0.6 is 0 Å². The van der Waals surface area contributed by atoms with Crippen LogP contribution in [0.1, 0.15) is 45.8 Å². The first-order valence-corrected chi connectivity index (χ1v) is 5.85. The molecular weight excluding hydrogens is 222 g/mol. The number of rotatable bonds is 3. The molecule has 0 aromatic heterocycles. The lowest BCUT2D eigenvalue weighted by Gasteiger charge is -2.29. The van der Waals surface area contributed by atoms with Gasteiger partial charge in [0.25, 0.3) is 0 Å². The average molecular weight is 242 g/mol. The van der Waals surface area contributed by atoms with Gasteiger partial charge in [0.05, 0.1) is 6.10 Å². The molecule has 2 atom stereocenters. The summed E-state index contributed by atoms with van der Waals surface area (Å²) in [7, 11) is 0. The molecular formula is C14H20F2O. The van der Waals surface area contributed by atoms with E-state index in [0.717, 1.165) is 12.1 Å². The number of hydrogen-bond donors (Lipinski definition) is 1. The maximum absolute atomic E-state index is 13.0. The fraction of sp³-hybridized carbons (Fsp3) is 0.571. The molecule has 0 aliphatic rings. The third kappa shape index (κ3) is 3.77. The SMILES string of the molecule is CC(CC(O)c1ccc(F)c(F)c1)C(C)(C)C. The molecule has 0 spiro atoms. The normalized spacial score (nSPS) is 15.7. The maximum Gasteiger partial charge on any atom is 0.159 e. The van der Waals surface area contributed by atoms with E-state index < -0.39 is 17.7 Å². The van der Waals surface area contributed by atoms with Crippen LogP contribution in [-0.2, 0) is 0 Å². The van der Waals surface area contributed by atoms with Gasteiger partial charge >= 0.3 is 0 Å². The molecule has 1 nitrogen and oxygen atoms in total. The second-order valence-electron chi connectivity index (χ2n) is 5.69. The molecule has 1 aromatic carbocycles. The van der Waals surface area contributed by atoms with Gasteiger partial charge in [-0.25, -0.2) is 8.78 Å². The summed E-state index contributed by atoms with van der Waals surface area (Å²) in [5, 5.41) is 9.98. The van der Waals surface area contributed by atoms with E-state index in [-0.39, 0.29) is 11.3 Å². The zero-order valence-corrected chi connectivity index (χ0v) is 10.8. The summed E-state index contributed by atoms with van der Waals surface area (Å²) in [6, 6.07) is 3.55. The van der Waals surface area contributed by atoms with E-state index in [4.69, 9.17) is 0 Å². The van der Waals surface area contributed by atoms with E-state index in [1.165, 1.54) is 6.07 Å². The van der Waals surface area contributed by atoms with Crippen LogP contribution in [0.4, 0.5) is 8.78 Å². The van der Waals surface area contributed by atoms with Crippen LogP contribution in [0.3, 0.4) is 0 Å². The number of halogens is 2. The second kappa shape index (κ2) is 5.13. The Bertz CT molecular complexity index is 382. The van der Waals surface area contributed by atoms with E-state index >= 15 is 0 Å². The molecule has 3 heteroatoms. The molecule has 0 radical (unpaired) electrons. The van der Waals surface area contributed by atoms with Crippen molar-refractivity contribution in [1.82, 2.24) is 0 Å². The van der Waals surface area contributed by atoms with Gasteiger partial charge in [-0.2, -0.15) is 0 Å². The van der Waals surface area contributed by atoms with Crippen molar-refractivity contribution in [3.8, 4) is 0 Å². The third-order valence-corrected chi connectivity index (χ3v) is 3.38. The number of aliphatic hydroxyl groups is 1. The molecule has 17 heavy (non-hydrogen) atoms. The minimum absolute atomic E-state index is 0.0829. The minimum Gasteiger partial charge on any atom is -0.388 e. The lowest BCUT2D eigenvalue weighted by Crippen LogP contribution is -2.19. The molecule has 0 aliphatic heterocycles. The molecule has 0 amide bonds. The molecule has 0 heterocycles. The van der Waals surface area contributed by atoms with Gasteiger partial charge in [-0.1, -0.05) is 33.8 Å². The van der Waals surface area contributed by atoms with Crippen LogP contribution in [-0.4, -0.2) is 5.11 Å². The molecule has 0 saturated heterocycles. The van der Waals surface area contributed by atoms with Gasteiger partial charge < -0.3 is 5.11 Å². The summed E-state index contributed by atoms with van der Waals surface area (Å²) >= 11 is 0. The first-order valence-electron chi connectivity index (χ1n) is 5.85. The standard InChI is InChI=1S/C14H20F2O/c1-9(14(2,3)4)7-13(17)10-5-6-11(15)12(16)8-10/h5-6,8-9,13,17H,7H2,1-4H3. The van der Waals surface area contributed by atoms with Gasteiger partial charge in [-0.3, -0.25) is 0 Å². The van der Waals surface area contributed by atoms with Crippen molar-refractivity contribution >= 4 is 0 Å². The first kappa shape index (κ1) is 14.1. The van der Waals surface area contributed by atoms with Crippen molar-refractivity contribution in [2.24, 2.45) is 11.3 Å². The zero-order chi connectivity index (χ0) is 13.2. The van der Waals surface area contributed by atoms with Crippen LogP contribution in [0.25, 0.3) is 0 Å².